The molecule has 0 spiro atoms. The molecule has 0 aliphatic heterocycles. The van der Waals surface area contributed by atoms with Crippen LogP contribution in [0.3, 0.4) is 0 Å². The molecule has 0 aromatic heterocycles. The van der Waals surface area contributed by atoms with E-state index in [0.717, 1.165) is 0 Å². The Morgan fingerprint density at radius 3 is 2.33 bits per heavy atom. The van der Waals surface area contributed by atoms with E-state index in [1.807, 2.05) is 13.8 Å². The molecule has 12 heavy (non-hydrogen) atoms. The number of hydrogen-bond donors (Lipinski definition) is 0. The fourth-order valence-electron chi connectivity index (χ4n) is 2.00. The van der Waals surface area contributed by atoms with Gasteiger partial charge in [-0.3, -0.25) is 4.79 Å². The molecule has 1 radical (unpaired) electrons. The predicted molar refractivity (Wildman–Crippen MR) is 47.5 cm³/mol. The summed E-state index contributed by atoms with van der Waals surface area (Å²) >= 11 is 0. The molecule has 1 aliphatic rings. The molecule has 0 saturated heterocycles. The second-order valence-electron chi connectivity index (χ2n) is 4.06. The zero-order valence-corrected chi connectivity index (χ0v) is 7.93. The summed E-state index contributed by atoms with van der Waals surface area (Å²) in [6, 6.07) is 0. The molecule has 0 bridgehead atoms. The van der Waals surface area contributed by atoms with Gasteiger partial charge in [-0.15, -0.1) is 0 Å². The van der Waals surface area contributed by atoms with Crippen molar-refractivity contribution in [2.45, 2.75) is 45.1 Å². The van der Waals surface area contributed by atoms with Crippen LogP contribution in [0, 0.1) is 12.8 Å². The summed E-state index contributed by atoms with van der Waals surface area (Å²) in [6.45, 7) is 7.19. The first-order valence-electron chi connectivity index (χ1n) is 4.57. The predicted octanol–water partition coefficient (Wildman–Crippen LogP) is 2.33. The van der Waals surface area contributed by atoms with Gasteiger partial charge in [0.25, 0.3) is 0 Å². The Labute approximate surface area is 74.3 Å². The average molecular weight is 169 g/mol. The fourth-order valence-corrected chi connectivity index (χ4v) is 2.00. The van der Waals surface area contributed by atoms with Crippen molar-refractivity contribution >= 4 is 5.97 Å². The normalized spacial score (nSPS) is 19.6. The summed E-state index contributed by atoms with van der Waals surface area (Å²) in [4.78, 5) is 10.7. The lowest BCUT2D eigenvalue weighted by Crippen LogP contribution is -2.34. The highest BCUT2D eigenvalue weighted by Gasteiger charge is 2.34. The number of esters is 1. The van der Waals surface area contributed by atoms with Crippen molar-refractivity contribution < 1.29 is 9.53 Å². The molecule has 0 unspecified atom stereocenters. The Kier molecular flexibility index (Phi) is 2.76. The number of carbonyl (C=O) groups excluding carboxylic acids is 1. The van der Waals surface area contributed by atoms with Crippen molar-refractivity contribution in [3.05, 3.63) is 6.92 Å². The minimum Gasteiger partial charge on any atom is -0.459 e. The van der Waals surface area contributed by atoms with Gasteiger partial charge in [0.05, 0.1) is 6.92 Å². The second-order valence-corrected chi connectivity index (χ2v) is 4.06. The van der Waals surface area contributed by atoms with Gasteiger partial charge in [-0.25, -0.2) is 0 Å². The van der Waals surface area contributed by atoms with Gasteiger partial charge in [0.2, 0.25) is 0 Å². The molecular formula is C10H17O2. The lowest BCUT2D eigenvalue weighted by atomic mass is 9.89. The Morgan fingerprint density at radius 1 is 1.42 bits per heavy atom. The second kappa shape index (κ2) is 3.46. The van der Waals surface area contributed by atoms with E-state index in [1.165, 1.54) is 25.7 Å². The van der Waals surface area contributed by atoms with Crippen LogP contribution in [0.5, 0.6) is 0 Å². The zero-order valence-electron chi connectivity index (χ0n) is 7.93. The van der Waals surface area contributed by atoms with E-state index in [4.69, 9.17) is 4.74 Å². The molecule has 1 rings (SSSR count). The first-order valence-corrected chi connectivity index (χ1v) is 4.57. The van der Waals surface area contributed by atoms with Crippen LogP contribution in [0.4, 0.5) is 0 Å². The fraction of sp³-hybridized carbons (Fsp3) is 0.800. The standard InChI is InChI=1S/C10H17O2/c1-8(11)12-10(2,3)9-6-4-5-7-9/h9H,1,4-7H2,2-3H3. The zero-order chi connectivity index (χ0) is 9.19. The maximum Gasteiger partial charge on any atom is 0.306 e. The number of rotatable bonds is 2. The molecule has 0 atom stereocenters. The lowest BCUT2D eigenvalue weighted by Gasteiger charge is -2.30. The molecule has 0 amide bonds. The summed E-state index contributed by atoms with van der Waals surface area (Å²) in [5.41, 5.74) is -0.310. The van der Waals surface area contributed by atoms with Crippen LogP contribution in [0.1, 0.15) is 39.5 Å². The quantitative estimate of drug-likeness (QED) is 0.593. The van der Waals surface area contributed by atoms with Crippen LogP contribution in [-0.2, 0) is 9.53 Å². The van der Waals surface area contributed by atoms with Crippen molar-refractivity contribution in [1.82, 2.24) is 0 Å². The molecule has 2 nitrogen and oxygen atoms in total. The van der Waals surface area contributed by atoms with Gasteiger partial charge in [-0.1, -0.05) is 12.8 Å². The summed E-state index contributed by atoms with van der Waals surface area (Å²) < 4.78 is 5.17. The van der Waals surface area contributed by atoms with Gasteiger partial charge in [0, 0.05) is 0 Å². The summed E-state index contributed by atoms with van der Waals surface area (Å²) in [5.74, 6) is 0.120. The van der Waals surface area contributed by atoms with Crippen molar-refractivity contribution in [2.75, 3.05) is 0 Å². The van der Waals surface area contributed by atoms with E-state index in [9.17, 15) is 4.79 Å². The average Bonchev–Trinajstić information content (AvgIpc) is 2.32. The van der Waals surface area contributed by atoms with Gasteiger partial charge in [0.1, 0.15) is 5.60 Å². The van der Waals surface area contributed by atoms with Crippen molar-refractivity contribution in [2.24, 2.45) is 5.92 Å². The SMILES string of the molecule is [CH2]C(=O)OC(C)(C)C1CCCC1. The number of ether oxygens (including phenoxy) is 1. The minimum absolute atomic E-state index is 0.310. The summed E-state index contributed by atoms with van der Waals surface area (Å²) in [7, 11) is 0. The molecule has 69 valence electrons. The van der Waals surface area contributed by atoms with E-state index < -0.39 is 5.97 Å². The van der Waals surface area contributed by atoms with Crippen LogP contribution < -0.4 is 0 Å². The van der Waals surface area contributed by atoms with Crippen molar-refractivity contribution in [3.8, 4) is 0 Å². The third-order valence-corrected chi connectivity index (χ3v) is 2.72. The molecule has 2 heteroatoms. The van der Waals surface area contributed by atoms with Gasteiger partial charge >= 0.3 is 5.97 Å². The first-order chi connectivity index (χ1) is 5.52. The molecule has 0 aromatic rings. The Balaban J connectivity index is 2.50. The molecule has 1 fully saturated rings. The van der Waals surface area contributed by atoms with Gasteiger partial charge < -0.3 is 4.74 Å². The van der Waals surface area contributed by atoms with Crippen LogP contribution in [0.25, 0.3) is 0 Å². The lowest BCUT2D eigenvalue weighted by molar-refractivity contribution is -0.155. The molecule has 0 N–H and O–H groups in total. The van der Waals surface area contributed by atoms with Gasteiger partial charge in [-0.2, -0.15) is 0 Å². The summed E-state index contributed by atoms with van der Waals surface area (Å²) in [6.07, 6.45) is 4.89. The molecule has 0 heterocycles. The smallest absolute Gasteiger partial charge is 0.306 e. The van der Waals surface area contributed by atoms with Crippen LogP contribution in [0.15, 0.2) is 0 Å². The van der Waals surface area contributed by atoms with E-state index >= 15 is 0 Å². The molecule has 0 aromatic carbocycles. The van der Waals surface area contributed by atoms with Gasteiger partial charge in [0.15, 0.2) is 0 Å². The number of hydrogen-bond acceptors (Lipinski definition) is 2. The third kappa shape index (κ3) is 2.23. The highest BCUT2D eigenvalue weighted by molar-refractivity contribution is 5.74. The third-order valence-electron chi connectivity index (χ3n) is 2.72. The van der Waals surface area contributed by atoms with E-state index in [2.05, 4.69) is 6.92 Å². The van der Waals surface area contributed by atoms with Crippen molar-refractivity contribution in [1.29, 1.82) is 0 Å². The van der Waals surface area contributed by atoms with Crippen molar-refractivity contribution in [3.63, 3.8) is 0 Å². The number of carbonyl (C=O) groups is 1. The van der Waals surface area contributed by atoms with Crippen LogP contribution in [-0.4, -0.2) is 11.6 Å². The molecule has 1 aliphatic carbocycles. The maximum absolute atomic E-state index is 10.7. The van der Waals surface area contributed by atoms with E-state index in [0.29, 0.717) is 5.92 Å². The maximum atomic E-state index is 10.7. The largest absolute Gasteiger partial charge is 0.459 e. The Hall–Kier alpha value is -0.530. The van der Waals surface area contributed by atoms with E-state index in [-0.39, 0.29) is 5.60 Å². The summed E-state index contributed by atoms with van der Waals surface area (Å²) in [5, 5.41) is 0. The first kappa shape index (κ1) is 9.56. The van der Waals surface area contributed by atoms with Crippen LogP contribution in [0.2, 0.25) is 0 Å². The Morgan fingerprint density at radius 2 is 1.92 bits per heavy atom. The topological polar surface area (TPSA) is 26.3 Å². The highest BCUT2D eigenvalue weighted by atomic mass is 16.6. The van der Waals surface area contributed by atoms with Crippen LogP contribution >= 0.6 is 0 Å². The molecule has 1 saturated carbocycles. The Bertz CT molecular complexity index is 167. The minimum atomic E-state index is -0.410. The highest BCUT2D eigenvalue weighted by Crippen LogP contribution is 2.35. The van der Waals surface area contributed by atoms with E-state index in [1.54, 1.807) is 0 Å². The molecular weight excluding hydrogens is 152 g/mol. The van der Waals surface area contributed by atoms with Gasteiger partial charge in [-0.05, 0) is 32.6 Å². The monoisotopic (exact) mass is 169 g/mol.